The molecule has 0 aromatic carbocycles. The zero-order chi connectivity index (χ0) is 20.1. The summed E-state index contributed by atoms with van der Waals surface area (Å²) >= 11 is 0. The van der Waals surface area contributed by atoms with Crippen molar-refractivity contribution < 1.29 is 0 Å². The highest BCUT2D eigenvalue weighted by atomic mass is 15.4. The molecular weight excluding hydrogens is 374 g/mol. The van der Waals surface area contributed by atoms with Crippen molar-refractivity contribution in [3.63, 3.8) is 0 Å². The molecule has 3 aromatic rings. The van der Waals surface area contributed by atoms with E-state index in [4.69, 9.17) is 4.98 Å². The van der Waals surface area contributed by atoms with Crippen LogP contribution in [0.2, 0.25) is 0 Å². The second kappa shape index (κ2) is 7.32. The van der Waals surface area contributed by atoms with Gasteiger partial charge in [0.05, 0.1) is 17.6 Å². The summed E-state index contributed by atoms with van der Waals surface area (Å²) in [7, 11) is 0. The van der Waals surface area contributed by atoms with Gasteiger partial charge in [-0.1, -0.05) is 13.0 Å². The number of anilines is 1. The van der Waals surface area contributed by atoms with Crippen LogP contribution in [0.5, 0.6) is 0 Å². The SMILES string of the molecule is C[C@H]1C[C@H](C2CNNC2)CN(c2nccc(-c3cnc4ccc(C5CC5)cn34)n2)C1. The van der Waals surface area contributed by atoms with Crippen LogP contribution < -0.4 is 15.8 Å². The molecule has 6 rings (SSSR count). The van der Waals surface area contributed by atoms with Crippen molar-refractivity contribution in [2.24, 2.45) is 17.8 Å². The maximum atomic E-state index is 5.00. The number of hydrogen-bond donors (Lipinski definition) is 2. The van der Waals surface area contributed by atoms with E-state index in [1.54, 1.807) is 0 Å². The number of fused-ring (bicyclic) bond motifs is 1. The molecular formula is C23H29N7. The Kier molecular flexibility index (Phi) is 4.46. The first-order chi connectivity index (χ1) is 14.7. The Morgan fingerprint density at radius 1 is 1.00 bits per heavy atom. The second-order valence-electron chi connectivity index (χ2n) is 9.38. The normalized spacial score (nSPS) is 25.3. The fourth-order valence-electron chi connectivity index (χ4n) is 5.20. The van der Waals surface area contributed by atoms with Crippen LogP contribution in [0.15, 0.2) is 36.8 Å². The summed E-state index contributed by atoms with van der Waals surface area (Å²) in [4.78, 5) is 16.7. The van der Waals surface area contributed by atoms with Gasteiger partial charge in [-0.25, -0.2) is 15.0 Å². The average molecular weight is 404 g/mol. The molecule has 2 aliphatic heterocycles. The smallest absolute Gasteiger partial charge is 0.225 e. The molecule has 0 radical (unpaired) electrons. The number of piperidine rings is 1. The first-order valence-electron chi connectivity index (χ1n) is 11.3. The fraction of sp³-hybridized carbons (Fsp3) is 0.522. The molecule has 0 bridgehead atoms. The Bertz CT molecular complexity index is 1050. The number of nitrogens with one attached hydrogen (secondary N) is 2. The monoisotopic (exact) mass is 403 g/mol. The first-order valence-corrected chi connectivity index (χ1v) is 11.3. The maximum absolute atomic E-state index is 5.00. The topological polar surface area (TPSA) is 70.4 Å². The van der Waals surface area contributed by atoms with Crippen molar-refractivity contribution in [3.8, 4) is 11.4 Å². The van der Waals surface area contributed by atoms with E-state index < -0.39 is 0 Å². The molecule has 7 nitrogen and oxygen atoms in total. The summed E-state index contributed by atoms with van der Waals surface area (Å²) in [6.07, 6.45) is 9.96. The zero-order valence-corrected chi connectivity index (χ0v) is 17.5. The number of hydrogen-bond acceptors (Lipinski definition) is 6. The van der Waals surface area contributed by atoms with E-state index in [-0.39, 0.29) is 0 Å². The van der Waals surface area contributed by atoms with Crippen LogP contribution >= 0.6 is 0 Å². The van der Waals surface area contributed by atoms with Gasteiger partial charge in [-0.3, -0.25) is 15.3 Å². The van der Waals surface area contributed by atoms with Gasteiger partial charge in [0.2, 0.25) is 5.95 Å². The second-order valence-corrected chi connectivity index (χ2v) is 9.38. The van der Waals surface area contributed by atoms with Crippen molar-refractivity contribution in [1.82, 2.24) is 30.2 Å². The van der Waals surface area contributed by atoms with E-state index in [2.05, 4.69) is 55.4 Å². The summed E-state index contributed by atoms with van der Waals surface area (Å²) in [5.74, 6) is 3.56. The van der Waals surface area contributed by atoms with Gasteiger partial charge in [0, 0.05) is 38.6 Å². The highest BCUT2D eigenvalue weighted by Gasteiger charge is 2.33. The Labute approximate surface area is 176 Å². The third-order valence-electron chi connectivity index (χ3n) is 6.98. The Morgan fingerprint density at radius 2 is 1.87 bits per heavy atom. The zero-order valence-electron chi connectivity index (χ0n) is 17.5. The summed E-state index contributed by atoms with van der Waals surface area (Å²) in [6, 6.07) is 6.35. The van der Waals surface area contributed by atoms with E-state index in [0.717, 1.165) is 55.1 Å². The van der Waals surface area contributed by atoms with Crippen molar-refractivity contribution in [2.45, 2.75) is 32.1 Å². The molecule has 2 saturated heterocycles. The quantitative estimate of drug-likeness (QED) is 0.698. The van der Waals surface area contributed by atoms with Gasteiger partial charge in [0.15, 0.2) is 0 Å². The van der Waals surface area contributed by atoms with Crippen LogP contribution in [0.25, 0.3) is 17.0 Å². The maximum Gasteiger partial charge on any atom is 0.225 e. The van der Waals surface area contributed by atoms with Gasteiger partial charge in [0.1, 0.15) is 5.65 Å². The third kappa shape index (κ3) is 3.36. The lowest BCUT2D eigenvalue weighted by Crippen LogP contribution is -2.44. The molecule has 30 heavy (non-hydrogen) atoms. The van der Waals surface area contributed by atoms with Gasteiger partial charge in [-0.15, -0.1) is 0 Å². The summed E-state index contributed by atoms with van der Waals surface area (Å²) in [6.45, 7) is 6.50. The third-order valence-corrected chi connectivity index (χ3v) is 6.98. The fourth-order valence-corrected chi connectivity index (χ4v) is 5.20. The number of pyridine rings is 1. The average Bonchev–Trinajstić information content (AvgIpc) is 3.31. The minimum atomic E-state index is 0.647. The van der Waals surface area contributed by atoms with E-state index in [9.17, 15) is 0 Å². The molecule has 0 spiro atoms. The van der Waals surface area contributed by atoms with Gasteiger partial charge >= 0.3 is 0 Å². The predicted octanol–water partition coefficient (Wildman–Crippen LogP) is 2.86. The lowest BCUT2D eigenvalue weighted by Gasteiger charge is -2.38. The number of aromatic nitrogens is 4. The Hall–Kier alpha value is -2.51. The van der Waals surface area contributed by atoms with Gasteiger partial charge in [-0.05, 0) is 60.6 Å². The molecule has 2 N–H and O–H groups in total. The molecule has 1 aliphatic carbocycles. The molecule has 0 unspecified atom stereocenters. The lowest BCUT2D eigenvalue weighted by molar-refractivity contribution is 0.262. The van der Waals surface area contributed by atoms with Crippen molar-refractivity contribution in [3.05, 3.63) is 42.4 Å². The molecule has 3 aliphatic rings. The minimum Gasteiger partial charge on any atom is -0.340 e. The number of imidazole rings is 1. The van der Waals surface area contributed by atoms with Crippen LogP contribution in [0.4, 0.5) is 5.95 Å². The van der Waals surface area contributed by atoms with Crippen molar-refractivity contribution in [2.75, 3.05) is 31.1 Å². The van der Waals surface area contributed by atoms with Crippen molar-refractivity contribution >= 4 is 11.6 Å². The van der Waals surface area contributed by atoms with Crippen LogP contribution in [-0.4, -0.2) is 45.5 Å². The molecule has 156 valence electrons. The molecule has 0 amide bonds. The number of nitrogens with zero attached hydrogens (tertiary/aromatic N) is 5. The van der Waals surface area contributed by atoms with E-state index in [1.807, 2.05) is 18.5 Å². The summed E-state index contributed by atoms with van der Waals surface area (Å²) < 4.78 is 2.19. The molecule has 7 heteroatoms. The highest BCUT2D eigenvalue weighted by Crippen LogP contribution is 2.40. The number of hydrazine groups is 1. The lowest BCUT2D eigenvalue weighted by atomic mass is 9.82. The summed E-state index contributed by atoms with van der Waals surface area (Å²) in [5, 5.41) is 0. The Balaban J connectivity index is 1.31. The van der Waals surface area contributed by atoms with Gasteiger partial charge in [0.25, 0.3) is 0 Å². The van der Waals surface area contributed by atoms with E-state index in [1.165, 1.54) is 24.8 Å². The number of rotatable bonds is 4. The minimum absolute atomic E-state index is 0.647. The highest BCUT2D eigenvalue weighted by molar-refractivity contribution is 5.61. The molecule has 1 saturated carbocycles. The van der Waals surface area contributed by atoms with Crippen LogP contribution in [0.1, 0.15) is 37.7 Å². The van der Waals surface area contributed by atoms with Crippen LogP contribution in [0, 0.1) is 17.8 Å². The van der Waals surface area contributed by atoms with Gasteiger partial charge < -0.3 is 4.90 Å². The molecule has 5 heterocycles. The molecule has 2 atom stereocenters. The Morgan fingerprint density at radius 3 is 2.70 bits per heavy atom. The molecule has 3 fully saturated rings. The summed E-state index contributed by atoms with van der Waals surface area (Å²) in [5.41, 5.74) is 10.9. The van der Waals surface area contributed by atoms with Gasteiger partial charge in [-0.2, -0.15) is 0 Å². The largest absolute Gasteiger partial charge is 0.340 e. The predicted molar refractivity (Wildman–Crippen MR) is 117 cm³/mol. The van der Waals surface area contributed by atoms with Crippen molar-refractivity contribution in [1.29, 1.82) is 0 Å². The molecule has 3 aromatic heterocycles. The first kappa shape index (κ1) is 18.3. The van der Waals surface area contributed by atoms with Crippen LogP contribution in [0.3, 0.4) is 0 Å². The standard InChI is InChI=1S/C23H29N7/c1-15-8-18(19-9-26-27-10-19)13-29(12-15)23-24-7-6-20(28-23)21-11-25-22-5-4-17(14-30(21)22)16-2-3-16/h4-7,11,14-16,18-19,26-27H,2-3,8-10,12-13H2,1H3/t15-,18-/m0/s1. The van der Waals surface area contributed by atoms with Crippen LogP contribution in [-0.2, 0) is 0 Å². The van der Waals surface area contributed by atoms with E-state index in [0.29, 0.717) is 17.8 Å². The van der Waals surface area contributed by atoms with E-state index >= 15 is 0 Å².